The van der Waals surface area contributed by atoms with Crippen molar-refractivity contribution in [1.82, 2.24) is 15.1 Å². The molecule has 2 aromatic carbocycles. The fraction of sp³-hybridized carbons (Fsp3) is 0.333. The lowest BCUT2D eigenvalue weighted by Gasteiger charge is -2.41. The van der Waals surface area contributed by atoms with E-state index in [1.807, 2.05) is 59.5 Å². The number of piperazine rings is 1. The Balaban J connectivity index is 1.63. The van der Waals surface area contributed by atoms with Gasteiger partial charge in [-0.15, -0.1) is 0 Å². The normalized spacial score (nSPS) is 18.2. The number of ether oxygens (including phenoxy) is 1. The molecule has 1 aliphatic heterocycles. The molecule has 1 N–H and O–H groups in total. The molecule has 2 atom stereocenters. The van der Waals surface area contributed by atoms with Gasteiger partial charge in [-0.3, -0.25) is 9.59 Å². The number of amides is 2. The molecule has 6 heteroatoms. The summed E-state index contributed by atoms with van der Waals surface area (Å²) in [4.78, 5) is 29.6. The van der Waals surface area contributed by atoms with Crippen LogP contribution in [0.25, 0.3) is 6.08 Å². The molecule has 1 fully saturated rings. The molecular formula is C24H29N3O3. The molecule has 0 spiro atoms. The second-order valence-corrected chi connectivity index (χ2v) is 7.56. The van der Waals surface area contributed by atoms with E-state index in [4.69, 9.17) is 4.74 Å². The number of hydrogen-bond acceptors (Lipinski definition) is 4. The van der Waals surface area contributed by atoms with E-state index in [1.54, 1.807) is 20.1 Å². The van der Waals surface area contributed by atoms with Gasteiger partial charge in [0, 0.05) is 25.7 Å². The van der Waals surface area contributed by atoms with Gasteiger partial charge in [0.05, 0.1) is 13.2 Å². The number of benzene rings is 2. The smallest absolute Gasteiger partial charge is 0.245 e. The molecule has 1 saturated heterocycles. The fourth-order valence-electron chi connectivity index (χ4n) is 3.60. The number of likely N-dealkylation sites (N-methyl/N-ethyl adjacent to an activating group) is 1. The first-order valence-electron chi connectivity index (χ1n) is 10.1. The number of rotatable bonds is 6. The Hall–Kier alpha value is -3.12. The minimum absolute atomic E-state index is 0.0216. The van der Waals surface area contributed by atoms with Crippen LogP contribution in [0.1, 0.15) is 24.1 Å². The number of nitrogens with one attached hydrogen (secondary N) is 1. The lowest BCUT2D eigenvalue weighted by molar-refractivity contribution is -0.139. The molecule has 3 rings (SSSR count). The van der Waals surface area contributed by atoms with Crippen molar-refractivity contribution >= 4 is 17.9 Å². The first-order chi connectivity index (χ1) is 14.5. The fourth-order valence-corrected chi connectivity index (χ4v) is 3.60. The Labute approximate surface area is 178 Å². The van der Waals surface area contributed by atoms with E-state index in [1.165, 1.54) is 6.08 Å². The average Bonchev–Trinajstić information content (AvgIpc) is 2.78. The van der Waals surface area contributed by atoms with Gasteiger partial charge in [0.15, 0.2) is 0 Å². The maximum atomic E-state index is 13.1. The van der Waals surface area contributed by atoms with Crippen molar-refractivity contribution in [3.8, 4) is 5.75 Å². The quantitative estimate of drug-likeness (QED) is 0.748. The Kier molecular flexibility index (Phi) is 7.25. The van der Waals surface area contributed by atoms with E-state index < -0.39 is 6.04 Å². The van der Waals surface area contributed by atoms with E-state index in [-0.39, 0.29) is 17.9 Å². The molecule has 1 aliphatic rings. The zero-order valence-electron chi connectivity index (χ0n) is 17.7. The molecular weight excluding hydrogens is 378 g/mol. The van der Waals surface area contributed by atoms with Crippen molar-refractivity contribution < 1.29 is 14.3 Å². The molecule has 2 aromatic rings. The van der Waals surface area contributed by atoms with Gasteiger partial charge in [0.1, 0.15) is 11.8 Å². The summed E-state index contributed by atoms with van der Waals surface area (Å²) >= 11 is 0. The van der Waals surface area contributed by atoms with Crippen LogP contribution >= 0.6 is 0 Å². The lowest BCUT2D eigenvalue weighted by Crippen LogP contribution is -2.54. The second-order valence-electron chi connectivity index (χ2n) is 7.56. The predicted octanol–water partition coefficient (Wildman–Crippen LogP) is 2.73. The summed E-state index contributed by atoms with van der Waals surface area (Å²) in [5.41, 5.74) is 1.99. The molecule has 0 unspecified atom stereocenters. The maximum Gasteiger partial charge on any atom is 0.245 e. The van der Waals surface area contributed by atoms with Gasteiger partial charge in [-0.1, -0.05) is 42.5 Å². The van der Waals surface area contributed by atoms with Crippen molar-refractivity contribution in [3.63, 3.8) is 0 Å². The van der Waals surface area contributed by atoms with Crippen LogP contribution in [-0.4, -0.2) is 61.4 Å². The van der Waals surface area contributed by atoms with Crippen LogP contribution in [0.3, 0.4) is 0 Å². The number of hydrogen-bond donors (Lipinski definition) is 1. The Morgan fingerprint density at radius 2 is 1.80 bits per heavy atom. The van der Waals surface area contributed by atoms with Crippen molar-refractivity contribution in [2.75, 3.05) is 33.8 Å². The first kappa shape index (κ1) is 21.6. The summed E-state index contributed by atoms with van der Waals surface area (Å²) in [5, 5.41) is 2.80. The lowest BCUT2D eigenvalue weighted by atomic mass is 10.0. The average molecular weight is 408 g/mol. The standard InChI is InChI=1S/C24H29N3O3/c1-18(25-23(28)14-11-19-9-12-21(30-3)13-10-19)24(29)27-16-15-26(2)17-22(27)20-7-5-4-6-8-20/h4-14,18,22H,15-17H2,1-3H3,(H,25,28)/b14-11+/t18-,22+/m0/s1. The van der Waals surface area contributed by atoms with Gasteiger partial charge in [0.25, 0.3) is 0 Å². The monoisotopic (exact) mass is 407 g/mol. The van der Waals surface area contributed by atoms with Gasteiger partial charge in [0.2, 0.25) is 11.8 Å². The summed E-state index contributed by atoms with van der Waals surface area (Å²) < 4.78 is 5.13. The highest BCUT2D eigenvalue weighted by molar-refractivity contribution is 5.95. The van der Waals surface area contributed by atoms with Crippen LogP contribution in [0.4, 0.5) is 0 Å². The predicted molar refractivity (Wildman–Crippen MR) is 118 cm³/mol. The maximum absolute atomic E-state index is 13.1. The van der Waals surface area contributed by atoms with E-state index in [0.717, 1.165) is 30.0 Å². The molecule has 0 radical (unpaired) electrons. The number of nitrogens with zero attached hydrogens (tertiary/aromatic N) is 2. The van der Waals surface area contributed by atoms with Gasteiger partial charge in [-0.25, -0.2) is 0 Å². The first-order valence-corrected chi connectivity index (χ1v) is 10.1. The summed E-state index contributed by atoms with van der Waals surface area (Å²) in [7, 11) is 3.67. The molecule has 0 aliphatic carbocycles. The van der Waals surface area contributed by atoms with Crippen LogP contribution in [0.2, 0.25) is 0 Å². The Bertz CT molecular complexity index is 880. The molecule has 1 heterocycles. The molecule has 6 nitrogen and oxygen atoms in total. The highest BCUT2D eigenvalue weighted by Gasteiger charge is 2.32. The molecule has 0 bridgehead atoms. The summed E-state index contributed by atoms with van der Waals surface area (Å²) in [6, 6.07) is 16.8. The van der Waals surface area contributed by atoms with Gasteiger partial charge in [-0.05, 0) is 43.3 Å². The molecule has 0 saturated carbocycles. The van der Waals surface area contributed by atoms with Crippen LogP contribution in [0.5, 0.6) is 5.75 Å². The van der Waals surface area contributed by atoms with Crippen molar-refractivity contribution in [2.24, 2.45) is 0 Å². The third-order valence-corrected chi connectivity index (χ3v) is 5.32. The number of carbonyl (C=O) groups is 2. The van der Waals surface area contributed by atoms with E-state index in [2.05, 4.69) is 17.3 Å². The third-order valence-electron chi connectivity index (χ3n) is 5.32. The minimum atomic E-state index is -0.604. The number of methoxy groups -OCH3 is 1. The van der Waals surface area contributed by atoms with Gasteiger partial charge in [-0.2, -0.15) is 0 Å². The molecule has 2 amide bonds. The topological polar surface area (TPSA) is 61.9 Å². The van der Waals surface area contributed by atoms with Crippen molar-refractivity contribution in [1.29, 1.82) is 0 Å². The van der Waals surface area contributed by atoms with E-state index in [9.17, 15) is 9.59 Å². The SMILES string of the molecule is COc1ccc(/C=C/C(=O)N[C@@H](C)C(=O)N2CCN(C)C[C@@H]2c2ccccc2)cc1. The highest BCUT2D eigenvalue weighted by Crippen LogP contribution is 2.25. The summed E-state index contributed by atoms with van der Waals surface area (Å²) in [6.07, 6.45) is 3.17. The number of carbonyl (C=O) groups excluding carboxylic acids is 2. The van der Waals surface area contributed by atoms with Crippen LogP contribution in [0.15, 0.2) is 60.7 Å². The van der Waals surface area contributed by atoms with E-state index in [0.29, 0.717) is 6.54 Å². The summed E-state index contributed by atoms with van der Waals surface area (Å²) in [6.45, 7) is 3.96. The molecule has 0 aromatic heterocycles. The van der Waals surface area contributed by atoms with Crippen LogP contribution in [-0.2, 0) is 9.59 Å². The Morgan fingerprint density at radius 1 is 1.10 bits per heavy atom. The Morgan fingerprint density at radius 3 is 2.47 bits per heavy atom. The zero-order chi connectivity index (χ0) is 21.5. The summed E-state index contributed by atoms with van der Waals surface area (Å²) in [5.74, 6) is 0.399. The second kappa shape index (κ2) is 10.1. The molecule has 158 valence electrons. The third kappa shape index (κ3) is 5.48. The van der Waals surface area contributed by atoms with Gasteiger partial charge < -0.3 is 19.9 Å². The minimum Gasteiger partial charge on any atom is -0.497 e. The van der Waals surface area contributed by atoms with Crippen LogP contribution in [0, 0.1) is 0 Å². The highest BCUT2D eigenvalue weighted by atomic mass is 16.5. The van der Waals surface area contributed by atoms with Crippen molar-refractivity contribution in [3.05, 3.63) is 71.8 Å². The van der Waals surface area contributed by atoms with Crippen LogP contribution < -0.4 is 10.1 Å². The van der Waals surface area contributed by atoms with Gasteiger partial charge >= 0.3 is 0 Å². The largest absolute Gasteiger partial charge is 0.497 e. The van der Waals surface area contributed by atoms with Crippen molar-refractivity contribution in [2.45, 2.75) is 19.0 Å². The molecule has 30 heavy (non-hydrogen) atoms. The zero-order valence-corrected chi connectivity index (χ0v) is 17.7. The van der Waals surface area contributed by atoms with E-state index >= 15 is 0 Å².